The standard InChI is InChI=1S/C8H13BrO2/c9-4-6-2-1-3-7-8(11-7)5-10-6/h6-8H,1-5H2/t6?,7-,8+/m1/s1. The molecule has 2 fully saturated rings. The number of epoxide rings is 1. The zero-order chi connectivity index (χ0) is 7.68. The van der Waals surface area contributed by atoms with Gasteiger partial charge in [-0.15, -0.1) is 0 Å². The molecule has 2 nitrogen and oxygen atoms in total. The number of fused-ring (bicyclic) bond motifs is 1. The molecule has 0 aromatic rings. The third-order valence-corrected chi connectivity index (χ3v) is 3.09. The summed E-state index contributed by atoms with van der Waals surface area (Å²) in [7, 11) is 0. The molecule has 0 saturated carbocycles. The van der Waals surface area contributed by atoms with Crippen molar-refractivity contribution in [3.05, 3.63) is 0 Å². The lowest BCUT2D eigenvalue weighted by atomic mass is 10.1. The molecule has 0 bridgehead atoms. The van der Waals surface area contributed by atoms with Crippen LogP contribution in [0.4, 0.5) is 0 Å². The van der Waals surface area contributed by atoms with Gasteiger partial charge in [0.1, 0.15) is 6.10 Å². The first kappa shape index (κ1) is 8.02. The van der Waals surface area contributed by atoms with Crippen LogP contribution in [-0.2, 0) is 9.47 Å². The minimum absolute atomic E-state index is 0.417. The molecule has 3 atom stereocenters. The van der Waals surface area contributed by atoms with Crippen molar-refractivity contribution in [3.63, 3.8) is 0 Å². The maximum Gasteiger partial charge on any atom is 0.107 e. The summed E-state index contributed by atoms with van der Waals surface area (Å²) in [6.07, 6.45) is 5.04. The zero-order valence-corrected chi connectivity index (χ0v) is 8.05. The molecule has 0 aliphatic carbocycles. The van der Waals surface area contributed by atoms with E-state index in [1.807, 2.05) is 0 Å². The normalized spacial score (nSPS) is 43.9. The molecule has 2 aliphatic heterocycles. The molecular weight excluding hydrogens is 208 g/mol. The Bertz CT molecular complexity index is 140. The quantitative estimate of drug-likeness (QED) is 0.496. The van der Waals surface area contributed by atoms with Gasteiger partial charge >= 0.3 is 0 Å². The van der Waals surface area contributed by atoms with E-state index in [4.69, 9.17) is 9.47 Å². The van der Waals surface area contributed by atoms with Crippen molar-refractivity contribution in [2.45, 2.75) is 37.6 Å². The molecule has 0 radical (unpaired) electrons. The Hall–Kier alpha value is 0.400. The Morgan fingerprint density at radius 2 is 2.18 bits per heavy atom. The fraction of sp³-hybridized carbons (Fsp3) is 1.00. The highest BCUT2D eigenvalue weighted by Crippen LogP contribution is 2.30. The number of hydrogen-bond acceptors (Lipinski definition) is 2. The highest BCUT2D eigenvalue weighted by Gasteiger charge is 2.39. The predicted octanol–water partition coefficient (Wildman–Crippen LogP) is 1.72. The molecule has 0 amide bonds. The summed E-state index contributed by atoms with van der Waals surface area (Å²) in [6, 6.07) is 0. The maximum absolute atomic E-state index is 5.61. The summed E-state index contributed by atoms with van der Waals surface area (Å²) in [5.74, 6) is 0. The average molecular weight is 221 g/mol. The highest BCUT2D eigenvalue weighted by molar-refractivity contribution is 9.09. The predicted molar refractivity (Wildman–Crippen MR) is 46.0 cm³/mol. The molecule has 2 aliphatic rings. The molecule has 3 heteroatoms. The van der Waals surface area contributed by atoms with Crippen LogP contribution in [0.2, 0.25) is 0 Å². The molecule has 0 N–H and O–H groups in total. The Morgan fingerprint density at radius 3 is 3.00 bits per heavy atom. The molecule has 2 saturated heterocycles. The van der Waals surface area contributed by atoms with Crippen molar-refractivity contribution in [1.82, 2.24) is 0 Å². The second-order valence-electron chi connectivity index (χ2n) is 3.25. The van der Waals surface area contributed by atoms with Crippen molar-refractivity contribution in [2.24, 2.45) is 0 Å². The molecule has 1 unspecified atom stereocenters. The topological polar surface area (TPSA) is 21.8 Å². The van der Waals surface area contributed by atoms with Gasteiger partial charge in [-0.1, -0.05) is 15.9 Å². The zero-order valence-electron chi connectivity index (χ0n) is 6.46. The molecule has 0 spiro atoms. The van der Waals surface area contributed by atoms with Crippen molar-refractivity contribution in [1.29, 1.82) is 0 Å². The average Bonchev–Trinajstić information content (AvgIpc) is 2.68. The van der Waals surface area contributed by atoms with Crippen molar-refractivity contribution in [2.75, 3.05) is 11.9 Å². The van der Waals surface area contributed by atoms with Gasteiger partial charge in [0.25, 0.3) is 0 Å². The van der Waals surface area contributed by atoms with Crippen LogP contribution in [0.25, 0.3) is 0 Å². The number of alkyl halides is 1. The van der Waals surface area contributed by atoms with Gasteiger partial charge in [0.05, 0.1) is 18.8 Å². The molecule has 0 aromatic carbocycles. The molecule has 2 rings (SSSR count). The van der Waals surface area contributed by atoms with Gasteiger partial charge in [0.15, 0.2) is 0 Å². The van der Waals surface area contributed by atoms with Gasteiger partial charge in [0, 0.05) is 5.33 Å². The Labute approximate surface area is 75.4 Å². The molecular formula is C8H13BrO2. The number of ether oxygens (including phenoxy) is 2. The van der Waals surface area contributed by atoms with Crippen molar-refractivity contribution >= 4 is 15.9 Å². The Morgan fingerprint density at radius 1 is 1.27 bits per heavy atom. The van der Waals surface area contributed by atoms with Gasteiger partial charge in [0.2, 0.25) is 0 Å². The fourth-order valence-corrected chi connectivity index (χ4v) is 2.07. The van der Waals surface area contributed by atoms with E-state index in [-0.39, 0.29) is 0 Å². The van der Waals surface area contributed by atoms with Gasteiger partial charge in [-0.3, -0.25) is 0 Å². The van der Waals surface area contributed by atoms with Gasteiger partial charge in [-0.2, -0.15) is 0 Å². The lowest BCUT2D eigenvalue weighted by Gasteiger charge is -2.15. The van der Waals surface area contributed by atoms with E-state index in [0.29, 0.717) is 18.3 Å². The van der Waals surface area contributed by atoms with Crippen LogP contribution in [0.5, 0.6) is 0 Å². The summed E-state index contributed by atoms with van der Waals surface area (Å²) >= 11 is 3.44. The lowest BCUT2D eigenvalue weighted by molar-refractivity contribution is 0.0506. The minimum atomic E-state index is 0.417. The molecule has 0 aromatic heterocycles. The molecule has 64 valence electrons. The van der Waals surface area contributed by atoms with Crippen LogP contribution in [0.1, 0.15) is 19.3 Å². The summed E-state index contributed by atoms with van der Waals surface area (Å²) in [4.78, 5) is 0. The van der Waals surface area contributed by atoms with Crippen LogP contribution in [-0.4, -0.2) is 30.2 Å². The first-order chi connectivity index (χ1) is 5.40. The third-order valence-electron chi connectivity index (χ3n) is 2.37. The summed E-state index contributed by atoms with van der Waals surface area (Å²) in [5, 5.41) is 0.963. The van der Waals surface area contributed by atoms with Gasteiger partial charge in [-0.05, 0) is 19.3 Å². The van der Waals surface area contributed by atoms with E-state index in [1.165, 1.54) is 19.3 Å². The van der Waals surface area contributed by atoms with Gasteiger partial charge < -0.3 is 9.47 Å². The minimum Gasteiger partial charge on any atom is -0.375 e. The largest absolute Gasteiger partial charge is 0.375 e. The van der Waals surface area contributed by atoms with Crippen molar-refractivity contribution in [3.8, 4) is 0 Å². The Balaban J connectivity index is 1.80. The SMILES string of the molecule is BrCC1CCC[C@H]2O[C@H]2CO1. The Kier molecular flexibility index (Phi) is 2.49. The van der Waals surface area contributed by atoms with E-state index in [2.05, 4.69) is 15.9 Å². The monoisotopic (exact) mass is 220 g/mol. The smallest absolute Gasteiger partial charge is 0.107 e. The summed E-state index contributed by atoms with van der Waals surface area (Å²) in [5.41, 5.74) is 0. The van der Waals surface area contributed by atoms with E-state index < -0.39 is 0 Å². The highest BCUT2D eigenvalue weighted by atomic mass is 79.9. The molecule has 2 heterocycles. The lowest BCUT2D eigenvalue weighted by Crippen LogP contribution is -2.20. The van der Waals surface area contributed by atoms with E-state index in [9.17, 15) is 0 Å². The second kappa shape index (κ2) is 3.42. The first-order valence-corrected chi connectivity index (χ1v) is 5.35. The van der Waals surface area contributed by atoms with E-state index >= 15 is 0 Å². The molecule has 11 heavy (non-hydrogen) atoms. The fourth-order valence-electron chi connectivity index (χ4n) is 1.56. The van der Waals surface area contributed by atoms with Crippen LogP contribution in [0, 0.1) is 0 Å². The third kappa shape index (κ3) is 1.95. The van der Waals surface area contributed by atoms with E-state index in [0.717, 1.165) is 11.9 Å². The van der Waals surface area contributed by atoms with Crippen molar-refractivity contribution < 1.29 is 9.47 Å². The summed E-state index contributed by atoms with van der Waals surface area (Å²) in [6.45, 7) is 0.806. The maximum atomic E-state index is 5.61. The van der Waals surface area contributed by atoms with Gasteiger partial charge in [-0.25, -0.2) is 0 Å². The number of rotatable bonds is 1. The number of hydrogen-bond donors (Lipinski definition) is 0. The van der Waals surface area contributed by atoms with E-state index in [1.54, 1.807) is 0 Å². The number of halogens is 1. The van der Waals surface area contributed by atoms with Crippen LogP contribution < -0.4 is 0 Å². The second-order valence-corrected chi connectivity index (χ2v) is 3.90. The van der Waals surface area contributed by atoms with Crippen LogP contribution in [0.3, 0.4) is 0 Å². The van der Waals surface area contributed by atoms with Crippen LogP contribution in [0.15, 0.2) is 0 Å². The van der Waals surface area contributed by atoms with Crippen LogP contribution >= 0.6 is 15.9 Å². The first-order valence-electron chi connectivity index (χ1n) is 4.23. The summed E-state index contributed by atoms with van der Waals surface area (Å²) < 4.78 is 11.0.